The van der Waals surface area contributed by atoms with Gasteiger partial charge in [-0.2, -0.15) is 0 Å². The molecule has 0 fully saturated rings. The van der Waals surface area contributed by atoms with Crippen LogP contribution in [0.2, 0.25) is 5.02 Å². The molecule has 2 rings (SSSR count). The summed E-state index contributed by atoms with van der Waals surface area (Å²) in [4.78, 5) is 0. The number of hydrogen-bond acceptors (Lipinski definition) is 1. The SMILES string of the molecule is CNC(Cc1ccccc1Cl)c1ccc(C)c(Br)c1. The Kier molecular flexibility index (Phi) is 5.03. The summed E-state index contributed by atoms with van der Waals surface area (Å²) in [6, 6.07) is 14.7. The van der Waals surface area contributed by atoms with E-state index in [4.69, 9.17) is 11.6 Å². The largest absolute Gasteiger partial charge is 0.313 e. The van der Waals surface area contributed by atoms with Gasteiger partial charge in [0.05, 0.1) is 0 Å². The molecule has 0 spiro atoms. The maximum Gasteiger partial charge on any atom is 0.0438 e. The highest BCUT2D eigenvalue weighted by Crippen LogP contribution is 2.26. The Morgan fingerprint density at radius 3 is 2.58 bits per heavy atom. The summed E-state index contributed by atoms with van der Waals surface area (Å²) < 4.78 is 1.14. The number of halogens is 2. The van der Waals surface area contributed by atoms with Crippen LogP contribution in [0, 0.1) is 6.92 Å². The van der Waals surface area contributed by atoms with E-state index in [9.17, 15) is 0 Å². The van der Waals surface area contributed by atoms with Gasteiger partial charge in [-0.1, -0.05) is 57.9 Å². The minimum absolute atomic E-state index is 0.261. The topological polar surface area (TPSA) is 12.0 Å². The molecule has 0 saturated carbocycles. The van der Waals surface area contributed by atoms with E-state index in [2.05, 4.69) is 52.4 Å². The fourth-order valence-corrected chi connectivity index (χ4v) is 2.71. The van der Waals surface area contributed by atoms with Crippen molar-refractivity contribution in [2.24, 2.45) is 0 Å². The zero-order valence-electron chi connectivity index (χ0n) is 11.1. The van der Waals surface area contributed by atoms with Crippen LogP contribution >= 0.6 is 27.5 Å². The second-order valence-electron chi connectivity index (χ2n) is 4.65. The van der Waals surface area contributed by atoms with Gasteiger partial charge in [-0.05, 0) is 49.2 Å². The lowest BCUT2D eigenvalue weighted by Crippen LogP contribution is -2.19. The van der Waals surface area contributed by atoms with E-state index in [1.54, 1.807) is 0 Å². The van der Waals surface area contributed by atoms with Gasteiger partial charge in [-0.3, -0.25) is 0 Å². The van der Waals surface area contributed by atoms with Crippen molar-refractivity contribution in [1.82, 2.24) is 5.32 Å². The average Bonchev–Trinajstić information content (AvgIpc) is 2.41. The highest BCUT2D eigenvalue weighted by molar-refractivity contribution is 9.10. The van der Waals surface area contributed by atoms with Crippen LogP contribution in [0.5, 0.6) is 0 Å². The predicted octanol–water partition coefficient (Wildman–Crippen LogP) is 4.91. The monoisotopic (exact) mass is 337 g/mol. The molecular weight excluding hydrogens is 322 g/mol. The van der Waals surface area contributed by atoms with Crippen LogP contribution in [0.25, 0.3) is 0 Å². The molecule has 0 heterocycles. The third-order valence-corrected chi connectivity index (χ3v) is 4.55. The molecule has 2 aromatic rings. The first-order valence-corrected chi connectivity index (χ1v) is 7.45. The molecule has 0 aromatic heterocycles. The molecule has 0 aliphatic heterocycles. The molecule has 0 aliphatic rings. The fourth-order valence-electron chi connectivity index (χ4n) is 2.10. The minimum Gasteiger partial charge on any atom is -0.313 e. The van der Waals surface area contributed by atoms with Crippen LogP contribution in [0.1, 0.15) is 22.7 Å². The first-order valence-electron chi connectivity index (χ1n) is 6.28. The van der Waals surface area contributed by atoms with E-state index in [0.717, 1.165) is 15.9 Å². The maximum absolute atomic E-state index is 6.23. The standard InChI is InChI=1S/C16H17BrClN/c1-11-7-8-13(9-14(11)17)16(19-2)10-12-5-3-4-6-15(12)18/h3-9,16,19H,10H2,1-2H3. The Labute approximate surface area is 128 Å². The van der Waals surface area contributed by atoms with E-state index in [1.807, 2.05) is 25.2 Å². The van der Waals surface area contributed by atoms with E-state index < -0.39 is 0 Å². The minimum atomic E-state index is 0.261. The molecule has 0 radical (unpaired) electrons. The normalized spacial score (nSPS) is 12.4. The third kappa shape index (κ3) is 3.59. The molecule has 0 bridgehead atoms. The second-order valence-corrected chi connectivity index (χ2v) is 5.91. The molecule has 19 heavy (non-hydrogen) atoms. The Bertz CT molecular complexity index is 568. The smallest absolute Gasteiger partial charge is 0.0438 e. The highest BCUT2D eigenvalue weighted by atomic mass is 79.9. The van der Waals surface area contributed by atoms with Crippen molar-refractivity contribution in [3.05, 3.63) is 68.7 Å². The van der Waals surface area contributed by atoms with Gasteiger partial charge < -0.3 is 5.32 Å². The van der Waals surface area contributed by atoms with Crippen molar-refractivity contribution in [1.29, 1.82) is 0 Å². The molecule has 1 N–H and O–H groups in total. The molecule has 0 aliphatic carbocycles. The summed E-state index contributed by atoms with van der Waals surface area (Å²) in [6.07, 6.45) is 0.881. The Morgan fingerprint density at radius 2 is 1.95 bits per heavy atom. The molecule has 1 nitrogen and oxygen atoms in total. The lowest BCUT2D eigenvalue weighted by molar-refractivity contribution is 0.592. The van der Waals surface area contributed by atoms with Crippen molar-refractivity contribution >= 4 is 27.5 Å². The first-order chi connectivity index (χ1) is 9.11. The number of aryl methyl sites for hydroxylation is 1. The van der Waals surface area contributed by atoms with Crippen molar-refractivity contribution < 1.29 is 0 Å². The summed E-state index contributed by atoms with van der Waals surface area (Å²) in [5.41, 5.74) is 3.68. The molecule has 1 unspecified atom stereocenters. The van der Waals surface area contributed by atoms with Crippen molar-refractivity contribution in [3.63, 3.8) is 0 Å². The number of benzene rings is 2. The predicted molar refractivity (Wildman–Crippen MR) is 85.8 cm³/mol. The highest BCUT2D eigenvalue weighted by Gasteiger charge is 2.12. The van der Waals surface area contributed by atoms with E-state index >= 15 is 0 Å². The van der Waals surface area contributed by atoms with Gasteiger partial charge in [0.1, 0.15) is 0 Å². The van der Waals surface area contributed by atoms with Crippen LogP contribution in [-0.4, -0.2) is 7.05 Å². The number of likely N-dealkylation sites (N-methyl/N-ethyl adjacent to an activating group) is 1. The van der Waals surface area contributed by atoms with E-state index in [0.29, 0.717) is 0 Å². The molecule has 0 amide bonds. The van der Waals surface area contributed by atoms with Crippen LogP contribution in [0.4, 0.5) is 0 Å². The van der Waals surface area contributed by atoms with Gasteiger partial charge in [-0.15, -0.1) is 0 Å². The quantitative estimate of drug-likeness (QED) is 0.835. The summed E-state index contributed by atoms with van der Waals surface area (Å²) in [7, 11) is 1.98. The number of rotatable bonds is 4. The molecular formula is C16H17BrClN. The van der Waals surface area contributed by atoms with Gasteiger partial charge in [0.15, 0.2) is 0 Å². The van der Waals surface area contributed by atoms with Crippen molar-refractivity contribution in [2.45, 2.75) is 19.4 Å². The lowest BCUT2D eigenvalue weighted by atomic mass is 9.98. The van der Waals surface area contributed by atoms with Gasteiger partial charge in [0.2, 0.25) is 0 Å². The van der Waals surface area contributed by atoms with E-state index in [1.165, 1.54) is 16.7 Å². The van der Waals surface area contributed by atoms with Crippen LogP contribution < -0.4 is 5.32 Å². The number of hydrogen-bond donors (Lipinski definition) is 1. The summed E-state index contributed by atoms with van der Waals surface area (Å²) >= 11 is 9.82. The first kappa shape index (κ1) is 14.6. The van der Waals surface area contributed by atoms with Gasteiger partial charge in [0.25, 0.3) is 0 Å². The lowest BCUT2D eigenvalue weighted by Gasteiger charge is -2.18. The zero-order valence-corrected chi connectivity index (χ0v) is 13.4. The summed E-state index contributed by atoms with van der Waals surface area (Å²) in [5.74, 6) is 0. The third-order valence-electron chi connectivity index (χ3n) is 3.33. The second kappa shape index (κ2) is 6.56. The summed E-state index contributed by atoms with van der Waals surface area (Å²) in [5, 5.41) is 4.19. The zero-order chi connectivity index (χ0) is 13.8. The number of nitrogens with one attached hydrogen (secondary N) is 1. The van der Waals surface area contributed by atoms with E-state index in [-0.39, 0.29) is 6.04 Å². The average molecular weight is 339 g/mol. The molecule has 1 atom stereocenters. The molecule has 100 valence electrons. The Hall–Kier alpha value is -0.830. The summed E-state index contributed by atoms with van der Waals surface area (Å²) in [6.45, 7) is 2.09. The van der Waals surface area contributed by atoms with Crippen molar-refractivity contribution in [2.75, 3.05) is 7.05 Å². The maximum atomic E-state index is 6.23. The van der Waals surface area contributed by atoms with Gasteiger partial charge in [-0.25, -0.2) is 0 Å². The van der Waals surface area contributed by atoms with Crippen molar-refractivity contribution in [3.8, 4) is 0 Å². The van der Waals surface area contributed by atoms with Gasteiger partial charge in [0, 0.05) is 15.5 Å². The van der Waals surface area contributed by atoms with Crippen LogP contribution in [0.3, 0.4) is 0 Å². The molecule has 3 heteroatoms. The molecule has 0 saturated heterocycles. The Balaban J connectivity index is 2.25. The van der Waals surface area contributed by atoms with Crippen LogP contribution in [-0.2, 0) is 6.42 Å². The van der Waals surface area contributed by atoms with Crippen LogP contribution in [0.15, 0.2) is 46.9 Å². The molecule has 2 aromatic carbocycles. The Morgan fingerprint density at radius 1 is 1.21 bits per heavy atom. The fraction of sp³-hybridized carbons (Fsp3) is 0.250. The van der Waals surface area contributed by atoms with Gasteiger partial charge >= 0.3 is 0 Å².